The van der Waals surface area contributed by atoms with E-state index in [1.807, 2.05) is 59.5 Å². The van der Waals surface area contributed by atoms with Crippen LogP contribution in [0.5, 0.6) is 0 Å². The molecule has 0 radical (unpaired) electrons. The second kappa shape index (κ2) is 4.61. The topological polar surface area (TPSA) is 40.5 Å². The normalized spacial score (nSPS) is 13.7. The molecule has 0 aromatic heterocycles. The summed E-state index contributed by atoms with van der Waals surface area (Å²) < 4.78 is 0. The van der Waals surface area contributed by atoms with Gasteiger partial charge in [-0.1, -0.05) is 42.5 Å². The number of carbonyl (C=O) groups is 1. The third-order valence-corrected chi connectivity index (χ3v) is 3.25. The summed E-state index contributed by atoms with van der Waals surface area (Å²) in [4.78, 5) is 13.4. The molecule has 19 heavy (non-hydrogen) atoms. The summed E-state index contributed by atoms with van der Waals surface area (Å²) in [6.07, 6.45) is 1.71. The smallest absolute Gasteiger partial charge is 0.337 e. The molecule has 0 aliphatic carbocycles. The molecule has 0 unspecified atom stereocenters. The molecule has 2 aromatic carbocycles. The van der Waals surface area contributed by atoms with Gasteiger partial charge in [-0.15, -0.1) is 0 Å². The zero-order valence-electron chi connectivity index (χ0n) is 10.3. The molecule has 0 atom stereocenters. The number of hydrogen-bond acceptors (Lipinski definition) is 2. The van der Waals surface area contributed by atoms with Crippen LogP contribution in [-0.4, -0.2) is 11.1 Å². The molecular weight excluding hydrogens is 238 g/mol. The second-order valence-electron chi connectivity index (χ2n) is 4.47. The van der Waals surface area contributed by atoms with Crippen LogP contribution in [-0.2, 0) is 11.3 Å². The summed E-state index contributed by atoms with van der Waals surface area (Å²) >= 11 is 0. The lowest BCUT2D eigenvalue weighted by atomic mass is 9.96. The number of hydrogen-bond donors (Lipinski definition) is 1. The van der Waals surface area contributed by atoms with Gasteiger partial charge in [-0.3, -0.25) is 0 Å². The van der Waals surface area contributed by atoms with Crippen molar-refractivity contribution < 1.29 is 9.90 Å². The predicted molar refractivity (Wildman–Crippen MR) is 74.7 cm³/mol. The maximum absolute atomic E-state index is 11.4. The Bertz CT molecular complexity index is 647. The van der Waals surface area contributed by atoms with Gasteiger partial charge < -0.3 is 10.0 Å². The summed E-state index contributed by atoms with van der Waals surface area (Å²) in [5.74, 6) is -0.895. The molecule has 0 saturated carbocycles. The number of carboxylic acid groups (broad SMARTS) is 1. The molecule has 3 heteroatoms. The summed E-state index contributed by atoms with van der Waals surface area (Å²) in [6.45, 7) is 0.691. The lowest BCUT2D eigenvalue weighted by Crippen LogP contribution is -2.23. The van der Waals surface area contributed by atoms with Crippen LogP contribution in [0.1, 0.15) is 11.1 Å². The molecule has 94 valence electrons. The van der Waals surface area contributed by atoms with Crippen LogP contribution in [0.15, 0.2) is 60.8 Å². The monoisotopic (exact) mass is 251 g/mol. The highest BCUT2D eigenvalue weighted by Gasteiger charge is 2.21. The van der Waals surface area contributed by atoms with E-state index < -0.39 is 5.97 Å². The first-order chi connectivity index (χ1) is 9.25. The molecule has 1 aliphatic rings. The Labute approximate surface area is 111 Å². The van der Waals surface area contributed by atoms with Crippen LogP contribution in [0, 0.1) is 0 Å². The van der Waals surface area contributed by atoms with Gasteiger partial charge in [0.2, 0.25) is 0 Å². The minimum atomic E-state index is -0.895. The highest BCUT2D eigenvalue weighted by atomic mass is 16.4. The second-order valence-corrected chi connectivity index (χ2v) is 4.47. The minimum Gasteiger partial charge on any atom is -0.478 e. The average molecular weight is 251 g/mol. The van der Waals surface area contributed by atoms with Crippen molar-refractivity contribution in [1.82, 2.24) is 0 Å². The van der Waals surface area contributed by atoms with E-state index >= 15 is 0 Å². The number of carboxylic acids is 1. The molecule has 0 fully saturated rings. The van der Waals surface area contributed by atoms with Gasteiger partial charge in [-0.2, -0.15) is 0 Å². The van der Waals surface area contributed by atoms with Gasteiger partial charge in [0.05, 0.1) is 5.57 Å². The summed E-state index contributed by atoms with van der Waals surface area (Å²) in [5.41, 5.74) is 3.18. The van der Waals surface area contributed by atoms with Gasteiger partial charge in [0.1, 0.15) is 0 Å². The predicted octanol–water partition coefficient (Wildman–Crippen LogP) is 3.13. The summed E-state index contributed by atoms with van der Waals surface area (Å²) in [7, 11) is 0. The van der Waals surface area contributed by atoms with Crippen molar-refractivity contribution in [1.29, 1.82) is 0 Å². The number of para-hydroxylation sites is 1. The first-order valence-electron chi connectivity index (χ1n) is 6.11. The fraction of sp³-hybridized carbons (Fsp3) is 0.0625. The van der Waals surface area contributed by atoms with Gasteiger partial charge >= 0.3 is 5.97 Å². The number of aliphatic carboxylic acids is 1. The number of anilines is 1. The maximum Gasteiger partial charge on any atom is 0.337 e. The van der Waals surface area contributed by atoms with Crippen LogP contribution < -0.4 is 4.90 Å². The molecule has 0 spiro atoms. The molecule has 2 aromatic rings. The molecule has 1 N–H and O–H groups in total. The zero-order valence-corrected chi connectivity index (χ0v) is 10.3. The molecule has 1 heterocycles. The van der Waals surface area contributed by atoms with Crippen LogP contribution in [0.4, 0.5) is 5.69 Å². The molecule has 3 nitrogen and oxygen atoms in total. The van der Waals surface area contributed by atoms with Crippen molar-refractivity contribution in [2.45, 2.75) is 6.54 Å². The van der Waals surface area contributed by atoms with Crippen molar-refractivity contribution >= 4 is 17.2 Å². The van der Waals surface area contributed by atoms with Gasteiger partial charge in [-0.05, 0) is 23.3 Å². The third kappa shape index (κ3) is 2.10. The van der Waals surface area contributed by atoms with Gasteiger partial charge in [0.15, 0.2) is 0 Å². The number of nitrogens with zero attached hydrogens (tertiary/aromatic N) is 1. The first-order valence-corrected chi connectivity index (χ1v) is 6.11. The largest absolute Gasteiger partial charge is 0.478 e. The highest BCUT2D eigenvalue weighted by Crippen LogP contribution is 2.29. The van der Waals surface area contributed by atoms with E-state index in [0.29, 0.717) is 12.1 Å². The molecule has 0 amide bonds. The van der Waals surface area contributed by atoms with E-state index in [-0.39, 0.29) is 0 Å². The zero-order chi connectivity index (χ0) is 13.2. The standard InChI is InChI=1S/C16H13NO2/c18-16(19)15-11-17(13-7-2-1-3-8-13)10-12-6-4-5-9-14(12)15/h1-9,11H,10H2,(H,18,19). The van der Waals surface area contributed by atoms with Gasteiger partial charge in [0, 0.05) is 18.4 Å². The first kappa shape index (κ1) is 11.5. The summed E-state index contributed by atoms with van der Waals surface area (Å²) in [6, 6.07) is 17.4. The molecule has 0 saturated heterocycles. The van der Waals surface area contributed by atoms with Crippen LogP contribution in [0.25, 0.3) is 5.57 Å². The lowest BCUT2D eigenvalue weighted by molar-refractivity contribution is -0.130. The highest BCUT2D eigenvalue weighted by molar-refractivity contribution is 6.16. The molecule has 0 bridgehead atoms. The maximum atomic E-state index is 11.4. The van der Waals surface area contributed by atoms with Crippen molar-refractivity contribution in [3.63, 3.8) is 0 Å². The fourth-order valence-corrected chi connectivity index (χ4v) is 2.33. The summed E-state index contributed by atoms with van der Waals surface area (Å²) in [5, 5.41) is 9.35. The Morgan fingerprint density at radius 1 is 1.00 bits per heavy atom. The Balaban J connectivity index is 2.09. The quantitative estimate of drug-likeness (QED) is 0.891. The van der Waals surface area contributed by atoms with E-state index in [1.54, 1.807) is 6.20 Å². The SMILES string of the molecule is O=C(O)C1=CN(c2ccccc2)Cc2ccccc21. The Morgan fingerprint density at radius 2 is 1.68 bits per heavy atom. The molecule has 3 rings (SSSR count). The van der Waals surface area contributed by atoms with E-state index in [9.17, 15) is 9.90 Å². The Kier molecular flexibility index (Phi) is 2.80. The lowest BCUT2D eigenvalue weighted by Gasteiger charge is -2.27. The van der Waals surface area contributed by atoms with Gasteiger partial charge in [0.25, 0.3) is 0 Å². The molecule has 1 aliphatic heterocycles. The third-order valence-electron chi connectivity index (χ3n) is 3.25. The molecular formula is C16H13NO2. The number of rotatable bonds is 2. The Morgan fingerprint density at radius 3 is 2.42 bits per heavy atom. The van der Waals surface area contributed by atoms with Crippen LogP contribution in [0.3, 0.4) is 0 Å². The van der Waals surface area contributed by atoms with Crippen molar-refractivity contribution in [2.24, 2.45) is 0 Å². The van der Waals surface area contributed by atoms with E-state index in [2.05, 4.69) is 0 Å². The van der Waals surface area contributed by atoms with Crippen molar-refractivity contribution in [2.75, 3.05) is 4.90 Å². The van der Waals surface area contributed by atoms with E-state index in [1.165, 1.54) is 0 Å². The van der Waals surface area contributed by atoms with Crippen molar-refractivity contribution in [3.8, 4) is 0 Å². The Hall–Kier alpha value is -2.55. The van der Waals surface area contributed by atoms with Gasteiger partial charge in [-0.25, -0.2) is 4.79 Å². The van der Waals surface area contributed by atoms with E-state index in [0.717, 1.165) is 16.8 Å². The minimum absolute atomic E-state index is 0.339. The number of benzene rings is 2. The number of fused-ring (bicyclic) bond motifs is 1. The van der Waals surface area contributed by atoms with Crippen LogP contribution >= 0.6 is 0 Å². The fourth-order valence-electron chi connectivity index (χ4n) is 2.33. The van der Waals surface area contributed by atoms with Crippen molar-refractivity contribution in [3.05, 3.63) is 71.9 Å². The van der Waals surface area contributed by atoms with Crippen LogP contribution in [0.2, 0.25) is 0 Å². The van der Waals surface area contributed by atoms with E-state index in [4.69, 9.17) is 0 Å². The average Bonchev–Trinajstić information content (AvgIpc) is 2.47.